The zero-order valence-corrected chi connectivity index (χ0v) is 11.6. The number of thioether (sulfide) groups is 1. The van der Waals surface area contributed by atoms with Crippen molar-refractivity contribution in [2.45, 2.75) is 32.2 Å². The second-order valence-corrected chi connectivity index (χ2v) is 5.70. The Morgan fingerprint density at radius 1 is 1.44 bits per heavy atom. The molecule has 2 nitrogen and oxygen atoms in total. The van der Waals surface area contributed by atoms with E-state index in [-0.39, 0.29) is 0 Å². The SMILES string of the molecule is C=CCSCCN1CCNC(CC)(CC)C1. The van der Waals surface area contributed by atoms with Crippen molar-refractivity contribution < 1.29 is 0 Å². The topological polar surface area (TPSA) is 15.3 Å². The zero-order chi connectivity index (χ0) is 11.9. The Bertz CT molecular complexity index is 202. The number of piperazine rings is 1. The molecule has 0 aromatic carbocycles. The van der Waals surface area contributed by atoms with Gasteiger partial charge < -0.3 is 5.32 Å². The van der Waals surface area contributed by atoms with E-state index in [1.165, 1.54) is 38.2 Å². The lowest BCUT2D eigenvalue weighted by atomic mass is 9.90. The van der Waals surface area contributed by atoms with Crippen LogP contribution in [0.15, 0.2) is 12.7 Å². The molecule has 0 spiro atoms. The van der Waals surface area contributed by atoms with Crippen molar-refractivity contribution in [1.29, 1.82) is 0 Å². The number of rotatable bonds is 7. The summed E-state index contributed by atoms with van der Waals surface area (Å²) in [5.41, 5.74) is 0.376. The van der Waals surface area contributed by atoms with Crippen molar-refractivity contribution in [3.63, 3.8) is 0 Å². The average Bonchev–Trinajstić information content (AvgIpc) is 2.35. The third kappa shape index (κ3) is 4.11. The van der Waals surface area contributed by atoms with E-state index in [0.717, 1.165) is 12.3 Å². The Balaban J connectivity index is 2.29. The molecule has 1 fully saturated rings. The third-order valence-electron chi connectivity index (χ3n) is 3.60. The molecule has 1 heterocycles. The molecule has 0 radical (unpaired) electrons. The van der Waals surface area contributed by atoms with E-state index >= 15 is 0 Å². The summed E-state index contributed by atoms with van der Waals surface area (Å²) in [7, 11) is 0. The first-order valence-electron chi connectivity index (χ1n) is 6.42. The molecule has 1 aliphatic heterocycles. The standard InChI is InChI=1S/C13H26N2S/c1-4-10-16-11-9-15-8-7-14-13(5-2,6-3)12-15/h4,14H,1,5-12H2,2-3H3. The van der Waals surface area contributed by atoms with Crippen LogP contribution in [0, 0.1) is 0 Å². The lowest BCUT2D eigenvalue weighted by Crippen LogP contribution is -2.60. The number of hydrogen-bond acceptors (Lipinski definition) is 3. The molecular formula is C13H26N2S. The highest BCUT2D eigenvalue weighted by atomic mass is 32.2. The molecule has 0 atom stereocenters. The van der Waals surface area contributed by atoms with Gasteiger partial charge in [0.2, 0.25) is 0 Å². The molecule has 0 aromatic rings. The molecule has 0 saturated carbocycles. The summed E-state index contributed by atoms with van der Waals surface area (Å²) in [4.78, 5) is 2.61. The molecule has 1 saturated heterocycles. The van der Waals surface area contributed by atoms with Gasteiger partial charge in [-0.25, -0.2) is 0 Å². The van der Waals surface area contributed by atoms with E-state index < -0.39 is 0 Å². The summed E-state index contributed by atoms with van der Waals surface area (Å²) in [5, 5.41) is 3.70. The maximum absolute atomic E-state index is 3.75. The first kappa shape index (κ1) is 14.1. The maximum Gasteiger partial charge on any atom is 0.0304 e. The van der Waals surface area contributed by atoms with Crippen LogP contribution in [0.2, 0.25) is 0 Å². The summed E-state index contributed by atoms with van der Waals surface area (Å²) in [6.07, 6.45) is 4.46. The van der Waals surface area contributed by atoms with E-state index in [0.29, 0.717) is 5.54 Å². The van der Waals surface area contributed by atoms with Crippen LogP contribution in [0.5, 0.6) is 0 Å². The number of hydrogen-bond donors (Lipinski definition) is 1. The van der Waals surface area contributed by atoms with E-state index in [1.807, 2.05) is 17.8 Å². The minimum Gasteiger partial charge on any atom is -0.309 e. The van der Waals surface area contributed by atoms with Gasteiger partial charge in [-0.15, -0.1) is 6.58 Å². The summed E-state index contributed by atoms with van der Waals surface area (Å²) in [6, 6.07) is 0. The van der Waals surface area contributed by atoms with Crippen molar-refractivity contribution in [2.24, 2.45) is 0 Å². The molecule has 1 aliphatic rings. The van der Waals surface area contributed by atoms with Crippen LogP contribution in [-0.2, 0) is 0 Å². The second-order valence-electron chi connectivity index (χ2n) is 4.55. The van der Waals surface area contributed by atoms with Crippen molar-refractivity contribution in [3.05, 3.63) is 12.7 Å². The summed E-state index contributed by atoms with van der Waals surface area (Å²) in [6.45, 7) is 13.1. The molecule has 3 heteroatoms. The van der Waals surface area contributed by atoms with E-state index in [2.05, 4.69) is 30.6 Å². The minimum absolute atomic E-state index is 0.376. The van der Waals surface area contributed by atoms with Crippen molar-refractivity contribution >= 4 is 11.8 Å². The lowest BCUT2D eigenvalue weighted by molar-refractivity contribution is 0.130. The molecular weight excluding hydrogens is 216 g/mol. The fourth-order valence-electron chi connectivity index (χ4n) is 2.32. The van der Waals surface area contributed by atoms with Gasteiger partial charge in [0.25, 0.3) is 0 Å². The molecule has 94 valence electrons. The Labute approximate surface area is 105 Å². The molecule has 1 rings (SSSR count). The van der Waals surface area contributed by atoms with Gasteiger partial charge in [0, 0.05) is 43.2 Å². The Kier molecular flexibility index (Phi) is 6.47. The Morgan fingerprint density at radius 3 is 2.81 bits per heavy atom. The van der Waals surface area contributed by atoms with Crippen molar-refractivity contribution in [3.8, 4) is 0 Å². The molecule has 0 aliphatic carbocycles. The molecule has 16 heavy (non-hydrogen) atoms. The van der Waals surface area contributed by atoms with Gasteiger partial charge in [-0.05, 0) is 12.8 Å². The highest BCUT2D eigenvalue weighted by Gasteiger charge is 2.31. The van der Waals surface area contributed by atoms with Gasteiger partial charge in [0.1, 0.15) is 0 Å². The van der Waals surface area contributed by atoms with Gasteiger partial charge in [-0.2, -0.15) is 11.8 Å². The highest BCUT2D eigenvalue weighted by Crippen LogP contribution is 2.20. The van der Waals surface area contributed by atoms with Crippen LogP contribution < -0.4 is 5.32 Å². The molecule has 0 bridgehead atoms. The van der Waals surface area contributed by atoms with Crippen LogP contribution in [0.3, 0.4) is 0 Å². The maximum atomic E-state index is 3.75. The van der Waals surface area contributed by atoms with Crippen LogP contribution >= 0.6 is 11.8 Å². The van der Waals surface area contributed by atoms with Gasteiger partial charge in [-0.1, -0.05) is 19.9 Å². The Hall–Kier alpha value is 0.01000. The molecule has 0 unspecified atom stereocenters. The van der Waals surface area contributed by atoms with Gasteiger partial charge in [0.05, 0.1) is 0 Å². The van der Waals surface area contributed by atoms with E-state index in [1.54, 1.807) is 0 Å². The molecule has 1 N–H and O–H groups in total. The first-order valence-corrected chi connectivity index (χ1v) is 7.58. The number of nitrogens with one attached hydrogen (secondary N) is 1. The van der Waals surface area contributed by atoms with Crippen LogP contribution in [-0.4, -0.2) is 48.1 Å². The van der Waals surface area contributed by atoms with E-state index in [4.69, 9.17) is 0 Å². The predicted molar refractivity (Wildman–Crippen MR) is 75.3 cm³/mol. The molecule has 0 amide bonds. The van der Waals surface area contributed by atoms with Crippen LogP contribution in [0.4, 0.5) is 0 Å². The smallest absolute Gasteiger partial charge is 0.0304 e. The van der Waals surface area contributed by atoms with Gasteiger partial charge >= 0.3 is 0 Å². The van der Waals surface area contributed by atoms with Crippen molar-refractivity contribution in [1.82, 2.24) is 10.2 Å². The van der Waals surface area contributed by atoms with Gasteiger partial charge in [0.15, 0.2) is 0 Å². The number of nitrogens with zero attached hydrogens (tertiary/aromatic N) is 1. The zero-order valence-electron chi connectivity index (χ0n) is 10.8. The van der Waals surface area contributed by atoms with Crippen molar-refractivity contribution in [2.75, 3.05) is 37.7 Å². The molecule has 0 aromatic heterocycles. The lowest BCUT2D eigenvalue weighted by Gasteiger charge is -2.43. The summed E-state index contributed by atoms with van der Waals surface area (Å²) in [5.74, 6) is 2.31. The quantitative estimate of drug-likeness (QED) is 0.545. The highest BCUT2D eigenvalue weighted by molar-refractivity contribution is 7.99. The normalized spacial score (nSPS) is 20.9. The van der Waals surface area contributed by atoms with Crippen LogP contribution in [0.25, 0.3) is 0 Å². The van der Waals surface area contributed by atoms with Gasteiger partial charge in [-0.3, -0.25) is 4.90 Å². The predicted octanol–water partition coefficient (Wildman–Crippen LogP) is 2.37. The third-order valence-corrected chi connectivity index (χ3v) is 4.54. The minimum atomic E-state index is 0.376. The second kappa shape index (κ2) is 7.36. The first-order chi connectivity index (χ1) is 7.76. The van der Waals surface area contributed by atoms with Crippen LogP contribution in [0.1, 0.15) is 26.7 Å². The van der Waals surface area contributed by atoms with E-state index in [9.17, 15) is 0 Å². The Morgan fingerprint density at radius 2 is 2.19 bits per heavy atom. The largest absolute Gasteiger partial charge is 0.309 e. The summed E-state index contributed by atoms with van der Waals surface area (Å²) >= 11 is 1.98. The summed E-state index contributed by atoms with van der Waals surface area (Å²) < 4.78 is 0. The fraction of sp³-hybridized carbons (Fsp3) is 0.846. The average molecular weight is 242 g/mol. The monoisotopic (exact) mass is 242 g/mol. The fourth-order valence-corrected chi connectivity index (χ4v) is 3.04.